The third-order valence-corrected chi connectivity index (χ3v) is 4.94. The fraction of sp³-hybridized carbons (Fsp3) is 0.647. The maximum atomic E-state index is 6.43. The molecule has 1 aliphatic heterocycles. The summed E-state index contributed by atoms with van der Waals surface area (Å²) in [6, 6.07) is 7.19. The number of nitrogens with zero attached hydrogens (tertiary/aromatic N) is 2. The van der Waals surface area contributed by atoms with Crippen LogP contribution in [0.1, 0.15) is 31.2 Å². The number of nitrogens with one attached hydrogen (secondary N) is 1. The van der Waals surface area contributed by atoms with Gasteiger partial charge in [-0.15, -0.1) is 0 Å². The first-order valence-electron chi connectivity index (χ1n) is 8.18. The Bertz CT molecular complexity index is 467. The zero-order valence-electron chi connectivity index (χ0n) is 12.9. The summed E-state index contributed by atoms with van der Waals surface area (Å²) in [5.74, 6) is 0. The van der Waals surface area contributed by atoms with Gasteiger partial charge in [0.05, 0.1) is 0 Å². The first-order chi connectivity index (χ1) is 10.2. The number of likely N-dealkylation sites (tertiary alicyclic amines) is 1. The van der Waals surface area contributed by atoms with Crippen molar-refractivity contribution in [2.24, 2.45) is 0 Å². The van der Waals surface area contributed by atoms with Gasteiger partial charge in [-0.25, -0.2) is 0 Å². The highest BCUT2D eigenvalue weighted by atomic mass is 35.5. The molecule has 0 spiro atoms. The van der Waals surface area contributed by atoms with Gasteiger partial charge in [0.1, 0.15) is 0 Å². The molecule has 0 bridgehead atoms. The SMILES string of the molecule is CN(CCN1CCCC1)c1ccc(CNC2CC2)c(Cl)c1. The van der Waals surface area contributed by atoms with Crippen molar-refractivity contribution >= 4 is 17.3 Å². The average molecular weight is 308 g/mol. The zero-order chi connectivity index (χ0) is 14.7. The van der Waals surface area contributed by atoms with Crippen LogP contribution in [-0.2, 0) is 6.54 Å². The Morgan fingerprint density at radius 1 is 1.29 bits per heavy atom. The number of halogens is 1. The Morgan fingerprint density at radius 2 is 2.05 bits per heavy atom. The van der Waals surface area contributed by atoms with E-state index in [0.29, 0.717) is 0 Å². The smallest absolute Gasteiger partial charge is 0.0471 e. The second kappa shape index (κ2) is 6.99. The van der Waals surface area contributed by atoms with Gasteiger partial charge in [-0.3, -0.25) is 0 Å². The minimum Gasteiger partial charge on any atom is -0.373 e. The molecule has 0 unspecified atom stereocenters. The Hall–Kier alpha value is -0.770. The van der Waals surface area contributed by atoms with Crippen LogP contribution in [0.15, 0.2) is 18.2 Å². The number of hydrogen-bond acceptors (Lipinski definition) is 3. The van der Waals surface area contributed by atoms with Crippen LogP contribution < -0.4 is 10.2 Å². The van der Waals surface area contributed by atoms with Crippen LogP contribution in [0.3, 0.4) is 0 Å². The second-order valence-corrected chi connectivity index (χ2v) is 6.81. The molecule has 2 fully saturated rings. The monoisotopic (exact) mass is 307 g/mol. The van der Waals surface area contributed by atoms with Gasteiger partial charge in [0.2, 0.25) is 0 Å². The lowest BCUT2D eigenvalue weighted by molar-refractivity contribution is 0.346. The van der Waals surface area contributed by atoms with Crippen molar-refractivity contribution < 1.29 is 0 Å². The van der Waals surface area contributed by atoms with Gasteiger partial charge in [-0.05, 0) is 56.5 Å². The number of anilines is 1. The molecule has 1 aliphatic carbocycles. The van der Waals surface area contributed by atoms with Crippen molar-refractivity contribution in [3.05, 3.63) is 28.8 Å². The molecule has 3 nitrogen and oxygen atoms in total. The van der Waals surface area contributed by atoms with Crippen molar-refractivity contribution in [3.63, 3.8) is 0 Å². The lowest BCUT2D eigenvalue weighted by atomic mass is 10.2. The molecule has 1 saturated carbocycles. The van der Waals surface area contributed by atoms with Gasteiger partial charge >= 0.3 is 0 Å². The van der Waals surface area contributed by atoms with Crippen LogP contribution in [0.25, 0.3) is 0 Å². The summed E-state index contributed by atoms with van der Waals surface area (Å²) in [6.45, 7) is 5.64. The van der Waals surface area contributed by atoms with Gasteiger partial charge < -0.3 is 15.1 Å². The zero-order valence-corrected chi connectivity index (χ0v) is 13.7. The average Bonchev–Trinajstić information content (AvgIpc) is 3.17. The molecule has 3 rings (SSSR count). The van der Waals surface area contributed by atoms with Crippen molar-refractivity contribution in [2.45, 2.75) is 38.3 Å². The molecule has 1 aromatic rings. The highest BCUT2D eigenvalue weighted by Gasteiger charge is 2.20. The highest BCUT2D eigenvalue weighted by Crippen LogP contribution is 2.25. The van der Waals surface area contributed by atoms with Crippen LogP contribution in [-0.4, -0.2) is 44.2 Å². The Labute approximate surface area is 133 Å². The van der Waals surface area contributed by atoms with E-state index in [1.165, 1.54) is 50.0 Å². The van der Waals surface area contributed by atoms with E-state index < -0.39 is 0 Å². The molecule has 4 heteroatoms. The normalized spacial score (nSPS) is 19.1. The Kier molecular flexibility index (Phi) is 5.04. The number of likely N-dealkylation sites (N-methyl/N-ethyl adjacent to an activating group) is 1. The van der Waals surface area contributed by atoms with Gasteiger partial charge in [0.25, 0.3) is 0 Å². The van der Waals surface area contributed by atoms with Crippen LogP contribution in [0, 0.1) is 0 Å². The van der Waals surface area contributed by atoms with Gasteiger partial charge in [0.15, 0.2) is 0 Å². The Morgan fingerprint density at radius 3 is 2.71 bits per heavy atom. The maximum absolute atomic E-state index is 6.43. The first-order valence-corrected chi connectivity index (χ1v) is 8.55. The minimum atomic E-state index is 0.726. The van der Waals surface area contributed by atoms with Crippen molar-refractivity contribution in [1.82, 2.24) is 10.2 Å². The summed E-state index contributed by atoms with van der Waals surface area (Å²) in [6.07, 6.45) is 5.35. The summed E-state index contributed by atoms with van der Waals surface area (Å²) < 4.78 is 0. The molecule has 0 amide bonds. The van der Waals surface area contributed by atoms with E-state index in [-0.39, 0.29) is 0 Å². The van der Waals surface area contributed by atoms with E-state index in [2.05, 4.69) is 40.4 Å². The summed E-state index contributed by atoms with van der Waals surface area (Å²) in [7, 11) is 2.16. The molecule has 1 saturated heterocycles. The molecule has 1 N–H and O–H groups in total. The Balaban J connectivity index is 1.52. The number of rotatable bonds is 7. The molecule has 116 valence electrons. The van der Waals surface area contributed by atoms with Crippen LogP contribution in [0.2, 0.25) is 5.02 Å². The lowest BCUT2D eigenvalue weighted by Crippen LogP contribution is -2.31. The third-order valence-electron chi connectivity index (χ3n) is 4.59. The predicted molar refractivity (Wildman–Crippen MR) is 90.3 cm³/mol. The summed E-state index contributed by atoms with van der Waals surface area (Å²) in [5, 5.41) is 4.40. The standard InChI is InChI=1S/C17H26ClN3/c1-20(10-11-21-8-2-3-9-21)16-7-4-14(17(18)12-16)13-19-15-5-6-15/h4,7,12,15,19H,2-3,5-6,8-11,13H2,1H3. The van der Waals surface area contributed by atoms with E-state index in [1.807, 2.05) is 0 Å². The van der Waals surface area contributed by atoms with Crippen LogP contribution in [0.5, 0.6) is 0 Å². The fourth-order valence-electron chi connectivity index (χ4n) is 2.89. The largest absolute Gasteiger partial charge is 0.373 e. The van der Waals surface area contributed by atoms with E-state index in [1.54, 1.807) is 0 Å². The summed E-state index contributed by atoms with van der Waals surface area (Å²) in [4.78, 5) is 4.86. The molecular formula is C17H26ClN3. The van der Waals surface area contributed by atoms with Crippen molar-refractivity contribution in [1.29, 1.82) is 0 Å². The predicted octanol–water partition coefficient (Wildman–Crippen LogP) is 3.12. The number of benzene rings is 1. The van der Waals surface area contributed by atoms with Gasteiger partial charge in [-0.2, -0.15) is 0 Å². The topological polar surface area (TPSA) is 18.5 Å². The highest BCUT2D eigenvalue weighted by molar-refractivity contribution is 6.31. The van der Waals surface area contributed by atoms with E-state index >= 15 is 0 Å². The van der Waals surface area contributed by atoms with Crippen LogP contribution >= 0.6 is 11.6 Å². The summed E-state index contributed by atoms with van der Waals surface area (Å²) >= 11 is 6.43. The minimum absolute atomic E-state index is 0.726. The molecule has 0 radical (unpaired) electrons. The van der Waals surface area contributed by atoms with E-state index in [4.69, 9.17) is 11.6 Å². The van der Waals surface area contributed by atoms with Gasteiger partial charge in [0, 0.05) is 43.4 Å². The third kappa shape index (κ3) is 4.35. The van der Waals surface area contributed by atoms with Crippen molar-refractivity contribution in [3.8, 4) is 0 Å². The molecule has 2 aliphatic rings. The molecule has 21 heavy (non-hydrogen) atoms. The second-order valence-electron chi connectivity index (χ2n) is 6.40. The lowest BCUT2D eigenvalue weighted by Gasteiger charge is -2.23. The molecule has 1 aromatic carbocycles. The first kappa shape index (κ1) is 15.1. The maximum Gasteiger partial charge on any atom is 0.0471 e. The number of hydrogen-bond donors (Lipinski definition) is 1. The quantitative estimate of drug-likeness (QED) is 0.835. The van der Waals surface area contributed by atoms with Crippen LogP contribution in [0.4, 0.5) is 5.69 Å². The molecule has 1 heterocycles. The van der Waals surface area contributed by atoms with E-state index in [0.717, 1.165) is 30.7 Å². The van der Waals surface area contributed by atoms with Crippen molar-refractivity contribution in [2.75, 3.05) is 38.1 Å². The molecule has 0 aromatic heterocycles. The van der Waals surface area contributed by atoms with E-state index in [9.17, 15) is 0 Å². The molecule has 0 atom stereocenters. The fourth-order valence-corrected chi connectivity index (χ4v) is 3.13. The molecular weight excluding hydrogens is 282 g/mol. The summed E-state index contributed by atoms with van der Waals surface area (Å²) in [5.41, 5.74) is 2.43. The van der Waals surface area contributed by atoms with Gasteiger partial charge in [-0.1, -0.05) is 17.7 Å².